The Kier molecular flexibility index (Phi) is 7.06. The number of likely N-dealkylation sites (N-methyl/N-ethyl adjacent to an activating group) is 1. The van der Waals surface area contributed by atoms with Crippen LogP contribution in [0.15, 0.2) is 30.3 Å². The van der Waals surface area contributed by atoms with Gasteiger partial charge in [0.15, 0.2) is 13.1 Å². The monoisotopic (exact) mass is 399 g/mol. The van der Waals surface area contributed by atoms with E-state index in [1.807, 2.05) is 39.0 Å². The molecule has 2 aromatic rings. The lowest BCUT2D eigenvalue weighted by atomic mass is 10.1. The lowest BCUT2D eigenvalue weighted by Gasteiger charge is -2.16. The fourth-order valence-corrected chi connectivity index (χ4v) is 2.99. The van der Waals surface area contributed by atoms with E-state index in [1.54, 1.807) is 20.0 Å². The van der Waals surface area contributed by atoms with Crippen LogP contribution in [0, 0.1) is 37.8 Å². The number of hydrogen-bond donors (Lipinski definition) is 3. The molecule has 0 saturated carbocycles. The average Bonchev–Trinajstić information content (AvgIpc) is 2.62. The Morgan fingerprint density at radius 1 is 0.931 bits per heavy atom. The number of nitrogens with zero attached hydrogens (tertiary/aromatic N) is 1. The molecule has 3 N–H and O–H groups in total. The van der Waals surface area contributed by atoms with Crippen molar-refractivity contribution in [3.63, 3.8) is 0 Å². The molecule has 0 saturated heterocycles. The van der Waals surface area contributed by atoms with Gasteiger partial charge in [0.2, 0.25) is 0 Å². The Morgan fingerprint density at radius 2 is 1.52 bits per heavy atom. The van der Waals surface area contributed by atoms with Crippen LogP contribution >= 0.6 is 0 Å². The molecule has 2 rings (SSSR count). The van der Waals surface area contributed by atoms with Crippen molar-refractivity contribution in [1.82, 2.24) is 0 Å². The Hall–Kier alpha value is -3.26. The zero-order chi connectivity index (χ0) is 21.7. The SMILES string of the molecule is Cc1cccc(NC(=O)C[NH+](C)CC(=O)Nc2c([N+](=O)[O-])ccc(C)c2C)c1C. The molecule has 0 radical (unpaired) electrons. The number of anilines is 2. The third-order valence-corrected chi connectivity index (χ3v) is 4.98. The molecule has 8 heteroatoms. The van der Waals surface area contributed by atoms with Gasteiger partial charge in [-0.05, 0) is 56.0 Å². The Balaban J connectivity index is 1.99. The summed E-state index contributed by atoms with van der Waals surface area (Å²) in [5.41, 5.74) is 4.38. The van der Waals surface area contributed by atoms with Crippen LogP contribution in [0.5, 0.6) is 0 Å². The summed E-state index contributed by atoms with van der Waals surface area (Å²) >= 11 is 0. The highest BCUT2D eigenvalue weighted by atomic mass is 16.6. The zero-order valence-corrected chi connectivity index (χ0v) is 17.4. The number of hydrogen-bond acceptors (Lipinski definition) is 4. The third kappa shape index (κ3) is 5.61. The van der Waals surface area contributed by atoms with Gasteiger partial charge in [-0.15, -0.1) is 0 Å². The van der Waals surface area contributed by atoms with E-state index in [0.717, 1.165) is 22.4 Å². The number of rotatable bonds is 7. The number of carbonyl (C=O) groups is 2. The lowest BCUT2D eigenvalue weighted by Crippen LogP contribution is -3.11. The smallest absolute Gasteiger partial charge is 0.293 e. The zero-order valence-electron chi connectivity index (χ0n) is 17.4. The first-order chi connectivity index (χ1) is 13.6. The molecule has 1 atom stereocenters. The molecule has 154 valence electrons. The van der Waals surface area contributed by atoms with Crippen LogP contribution in [-0.4, -0.2) is 36.9 Å². The standard InChI is InChI=1S/C21H26N4O4/c1-13-7-6-8-17(15(13)3)22-19(26)11-24(5)12-20(27)23-21-16(4)14(2)9-10-18(21)25(28)29/h6-10H,11-12H2,1-5H3,(H,22,26)(H,23,27)/p+1. The Morgan fingerprint density at radius 3 is 2.14 bits per heavy atom. The van der Waals surface area contributed by atoms with Gasteiger partial charge in [-0.25, -0.2) is 0 Å². The van der Waals surface area contributed by atoms with Crippen molar-refractivity contribution in [3.05, 3.63) is 62.7 Å². The van der Waals surface area contributed by atoms with Crippen LogP contribution in [0.4, 0.5) is 17.1 Å². The summed E-state index contributed by atoms with van der Waals surface area (Å²) in [6.07, 6.45) is 0. The molecule has 0 aliphatic rings. The van der Waals surface area contributed by atoms with Crippen LogP contribution in [-0.2, 0) is 9.59 Å². The molecule has 0 aliphatic carbocycles. The van der Waals surface area contributed by atoms with Crippen LogP contribution in [0.1, 0.15) is 22.3 Å². The first kappa shape index (κ1) is 22.0. The molecule has 8 nitrogen and oxygen atoms in total. The molecule has 0 heterocycles. The summed E-state index contributed by atoms with van der Waals surface area (Å²) in [6.45, 7) is 7.56. The van der Waals surface area contributed by atoms with Gasteiger partial charge in [0.05, 0.1) is 12.0 Å². The fourth-order valence-electron chi connectivity index (χ4n) is 2.99. The highest BCUT2D eigenvalue weighted by Gasteiger charge is 2.21. The highest BCUT2D eigenvalue weighted by molar-refractivity contribution is 5.95. The number of benzene rings is 2. The topological polar surface area (TPSA) is 106 Å². The van der Waals surface area contributed by atoms with E-state index in [2.05, 4.69) is 10.6 Å². The fraction of sp³-hybridized carbons (Fsp3) is 0.333. The number of nitro groups is 1. The molecule has 1 unspecified atom stereocenters. The summed E-state index contributed by atoms with van der Waals surface area (Å²) < 4.78 is 0. The highest BCUT2D eigenvalue weighted by Crippen LogP contribution is 2.30. The predicted molar refractivity (Wildman–Crippen MR) is 112 cm³/mol. The van der Waals surface area contributed by atoms with E-state index in [0.29, 0.717) is 10.5 Å². The van der Waals surface area contributed by atoms with Gasteiger partial charge in [0.1, 0.15) is 5.69 Å². The minimum atomic E-state index is -0.518. The summed E-state index contributed by atoms with van der Waals surface area (Å²) in [5, 5.41) is 16.8. The first-order valence-electron chi connectivity index (χ1n) is 9.32. The second-order valence-corrected chi connectivity index (χ2v) is 7.31. The molecule has 29 heavy (non-hydrogen) atoms. The molecule has 0 bridgehead atoms. The number of aryl methyl sites for hydroxylation is 2. The number of nitrogens with one attached hydrogen (secondary N) is 3. The number of amides is 2. The van der Waals surface area contributed by atoms with Crippen molar-refractivity contribution >= 4 is 28.9 Å². The van der Waals surface area contributed by atoms with Crippen LogP contribution in [0.2, 0.25) is 0 Å². The number of nitro benzene ring substituents is 1. The molecular formula is C21H27N4O4+. The van der Waals surface area contributed by atoms with Gasteiger partial charge in [-0.2, -0.15) is 0 Å². The number of quaternary nitrogens is 1. The minimum Gasteiger partial charge on any atom is -0.322 e. The van der Waals surface area contributed by atoms with Crippen molar-refractivity contribution in [2.75, 3.05) is 30.8 Å². The molecule has 2 aromatic carbocycles. The summed E-state index contributed by atoms with van der Waals surface area (Å²) in [6, 6.07) is 8.71. The summed E-state index contributed by atoms with van der Waals surface area (Å²) in [4.78, 5) is 36.1. The molecule has 0 aromatic heterocycles. The van der Waals surface area contributed by atoms with Crippen LogP contribution < -0.4 is 15.5 Å². The van der Waals surface area contributed by atoms with Gasteiger partial charge < -0.3 is 15.5 Å². The molecule has 0 spiro atoms. The van der Waals surface area contributed by atoms with E-state index >= 15 is 0 Å². The van der Waals surface area contributed by atoms with Gasteiger partial charge in [0.25, 0.3) is 17.5 Å². The maximum atomic E-state index is 12.4. The largest absolute Gasteiger partial charge is 0.322 e. The molecular weight excluding hydrogens is 372 g/mol. The quantitative estimate of drug-likeness (QED) is 0.488. The number of carbonyl (C=O) groups excluding carboxylic acids is 2. The van der Waals surface area contributed by atoms with Gasteiger partial charge in [0, 0.05) is 11.8 Å². The van der Waals surface area contributed by atoms with E-state index < -0.39 is 4.92 Å². The van der Waals surface area contributed by atoms with Gasteiger partial charge >= 0.3 is 0 Å². The second kappa shape index (κ2) is 9.29. The van der Waals surface area contributed by atoms with Crippen molar-refractivity contribution < 1.29 is 19.4 Å². The van der Waals surface area contributed by atoms with E-state index in [4.69, 9.17) is 0 Å². The van der Waals surface area contributed by atoms with Crippen molar-refractivity contribution in [2.45, 2.75) is 27.7 Å². The summed E-state index contributed by atoms with van der Waals surface area (Å²) in [5.74, 6) is -0.597. The van der Waals surface area contributed by atoms with E-state index in [1.165, 1.54) is 6.07 Å². The first-order valence-corrected chi connectivity index (χ1v) is 9.32. The lowest BCUT2D eigenvalue weighted by molar-refractivity contribution is -0.862. The Labute approximate surface area is 170 Å². The summed E-state index contributed by atoms with van der Waals surface area (Å²) in [7, 11) is 1.72. The predicted octanol–water partition coefficient (Wildman–Crippen LogP) is 1.92. The Bertz CT molecular complexity index is 956. The van der Waals surface area contributed by atoms with E-state index in [9.17, 15) is 19.7 Å². The normalized spacial score (nSPS) is 11.6. The van der Waals surface area contributed by atoms with Crippen molar-refractivity contribution in [3.8, 4) is 0 Å². The van der Waals surface area contributed by atoms with Crippen LogP contribution in [0.3, 0.4) is 0 Å². The van der Waals surface area contributed by atoms with Gasteiger partial charge in [-0.3, -0.25) is 19.7 Å². The van der Waals surface area contributed by atoms with E-state index in [-0.39, 0.29) is 36.3 Å². The molecule has 0 aliphatic heterocycles. The average molecular weight is 399 g/mol. The minimum absolute atomic E-state index is 0.00472. The maximum Gasteiger partial charge on any atom is 0.293 e. The third-order valence-electron chi connectivity index (χ3n) is 4.98. The maximum absolute atomic E-state index is 12.4. The second-order valence-electron chi connectivity index (χ2n) is 7.31. The van der Waals surface area contributed by atoms with Crippen molar-refractivity contribution in [2.24, 2.45) is 0 Å². The van der Waals surface area contributed by atoms with Crippen molar-refractivity contribution in [1.29, 1.82) is 0 Å². The molecule has 0 fully saturated rings. The van der Waals surface area contributed by atoms with Gasteiger partial charge in [-0.1, -0.05) is 18.2 Å². The molecule has 2 amide bonds. The van der Waals surface area contributed by atoms with Crippen LogP contribution in [0.25, 0.3) is 0 Å².